The van der Waals surface area contributed by atoms with Gasteiger partial charge in [0.25, 0.3) is 0 Å². The first-order valence-corrected chi connectivity index (χ1v) is 5.09. The van der Waals surface area contributed by atoms with Gasteiger partial charge in [-0.05, 0) is 19.3 Å². The van der Waals surface area contributed by atoms with E-state index in [-0.39, 0.29) is 25.4 Å². The number of amides is 1. The molecular weight excluding hydrogens is 201 g/mol. The lowest BCUT2D eigenvalue weighted by Crippen LogP contribution is -2.45. The van der Waals surface area contributed by atoms with Gasteiger partial charge in [0.1, 0.15) is 11.1 Å². The summed E-state index contributed by atoms with van der Waals surface area (Å²) in [6.07, 6.45) is 1.18. The summed E-state index contributed by atoms with van der Waals surface area (Å²) in [6, 6.07) is 0. The molecule has 5 heteroatoms. The molecule has 0 aromatic heterocycles. The van der Waals surface area contributed by atoms with E-state index in [2.05, 4.69) is 0 Å². The number of carboxylic acids is 1. The van der Waals surface area contributed by atoms with E-state index >= 15 is 0 Å². The second-order valence-electron chi connectivity index (χ2n) is 4.58. The van der Waals surface area contributed by atoms with Crippen molar-refractivity contribution >= 4 is 11.9 Å². The molecule has 0 radical (unpaired) electrons. The third kappa shape index (κ3) is 1.18. The lowest BCUT2D eigenvalue weighted by molar-refractivity contribution is -0.153. The molecule has 0 unspecified atom stereocenters. The van der Waals surface area contributed by atoms with E-state index in [1.807, 2.05) is 0 Å². The van der Waals surface area contributed by atoms with Gasteiger partial charge in [-0.3, -0.25) is 9.59 Å². The van der Waals surface area contributed by atoms with Crippen molar-refractivity contribution in [2.75, 3.05) is 13.1 Å². The standard InChI is InChI=1S/C10H14FNO3/c1-7(13)12-5-9(8(14)15)3-2-4-10(9,11)6-12/h2-6H2,1H3,(H,14,15)/t9-,10-/m0/s1. The number of hydrogen-bond acceptors (Lipinski definition) is 2. The van der Waals surface area contributed by atoms with Crippen LogP contribution in [0.4, 0.5) is 4.39 Å². The Bertz CT molecular complexity index is 333. The number of alkyl halides is 1. The van der Waals surface area contributed by atoms with E-state index < -0.39 is 17.1 Å². The second kappa shape index (κ2) is 2.93. The predicted octanol–water partition coefficient (Wildman–Crippen LogP) is 0.812. The number of fused-ring (bicyclic) bond motifs is 1. The van der Waals surface area contributed by atoms with Gasteiger partial charge in [-0.15, -0.1) is 0 Å². The Hall–Kier alpha value is -1.13. The predicted molar refractivity (Wildman–Crippen MR) is 50.0 cm³/mol. The Morgan fingerprint density at radius 3 is 2.47 bits per heavy atom. The topological polar surface area (TPSA) is 57.6 Å². The summed E-state index contributed by atoms with van der Waals surface area (Å²) < 4.78 is 14.4. The van der Waals surface area contributed by atoms with Crippen LogP contribution in [0, 0.1) is 5.41 Å². The molecule has 2 rings (SSSR count). The third-order valence-corrected chi connectivity index (χ3v) is 3.79. The fraction of sp³-hybridized carbons (Fsp3) is 0.800. The van der Waals surface area contributed by atoms with Gasteiger partial charge in [0, 0.05) is 13.5 Å². The molecule has 84 valence electrons. The number of likely N-dealkylation sites (tertiary alicyclic amines) is 1. The van der Waals surface area contributed by atoms with E-state index in [0.717, 1.165) is 0 Å². The molecule has 15 heavy (non-hydrogen) atoms. The van der Waals surface area contributed by atoms with E-state index in [4.69, 9.17) is 5.11 Å². The van der Waals surface area contributed by atoms with Crippen LogP contribution < -0.4 is 0 Å². The summed E-state index contributed by atoms with van der Waals surface area (Å²) in [5, 5.41) is 9.16. The monoisotopic (exact) mass is 215 g/mol. The highest BCUT2D eigenvalue weighted by atomic mass is 19.1. The lowest BCUT2D eigenvalue weighted by atomic mass is 9.78. The number of rotatable bonds is 1. The minimum atomic E-state index is -1.72. The van der Waals surface area contributed by atoms with Crippen molar-refractivity contribution in [2.24, 2.45) is 5.41 Å². The zero-order valence-electron chi connectivity index (χ0n) is 8.62. The normalized spacial score (nSPS) is 39.2. The third-order valence-electron chi connectivity index (χ3n) is 3.79. The van der Waals surface area contributed by atoms with Crippen molar-refractivity contribution < 1.29 is 19.1 Å². The van der Waals surface area contributed by atoms with Crippen LogP contribution in [-0.4, -0.2) is 40.6 Å². The van der Waals surface area contributed by atoms with Crippen molar-refractivity contribution in [1.82, 2.24) is 4.90 Å². The first kappa shape index (κ1) is 10.4. The van der Waals surface area contributed by atoms with Crippen LogP contribution in [0.3, 0.4) is 0 Å². The van der Waals surface area contributed by atoms with Crippen molar-refractivity contribution in [3.8, 4) is 0 Å². The maximum Gasteiger partial charge on any atom is 0.314 e. The van der Waals surface area contributed by atoms with Gasteiger partial charge >= 0.3 is 5.97 Å². The van der Waals surface area contributed by atoms with Crippen LogP contribution in [0.5, 0.6) is 0 Å². The Morgan fingerprint density at radius 2 is 2.00 bits per heavy atom. The highest BCUT2D eigenvalue weighted by Crippen LogP contribution is 2.54. The van der Waals surface area contributed by atoms with Gasteiger partial charge in [0.15, 0.2) is 0 Å². The average Bonchev–Trinajstić information content (AvgIpc) is 2.55. The number of aliphatic carboxylic acids is 1. The Kier molecular flexibility index (Phi) is 2.03. The Labute approximate surface area is 87.1 Å². The van der Waals surface area contributed by atoms with Gasteiger partial charge in [-0.25, -0.2) is 4.39 Å². The zero-order chi connectivity index (χ0) is 11.3. The Balaban J connectivity index is 2.35. The second-order valence-corrected chi connectivity index (χ2v) is 4.58. The molecule has 1 aliphatic heterocycles. The maximum atomic E-state index is 14.4. The minimum Gasteiger partial charge on any atom is -0.481 e. The van der Waals surface area contributed by atoms with Gasteiger partial charge in [0.05, 0.1) is 6.54 Å². The molecule has 4 nitrogen and oxygen atoms in total. The van der Waals surface area contributed by atoms with Crippen molar-refractivity contribution in [1.29, 1.82) is 0 Å². The summed E-state index contributed by atoms with van der Waals surface area (Å²) in [4.78, 5) is 23.7. The van der Waals surface area contributed by atoms with Gasteiger partial charge in [-0.2, -0.15) is 0 Å². The molecule has 1 saturated heterocycles. The maximum absolute atomic E-state index is 14.4. The number of carbonyl (C=O) groups excluding carboxylic acids is 1. The number of carboxylic acid groups (broad SMARTS) is 1. The van der Waals surface area contributed by atoms with E-state index in [1.54, 1.807) is 0 Å². The van der Waals surface area contributed by atoms with Crippen molar-refractivity contribution in [3.63, 3.8) is 0 Å². The summed E-state index contributed by atoms with van der Waals surface area (Å²) in [7, 11) is 0. The van der Waals surface area contributed by atoms with E-state index in [1.165, 1.54) is 11.8 Å². The summed E-state index contributed by atoms with van der Waals surface area (Å²) in [5.74, 6) is -1.35. The lowest BCUT2D eigenvalue weighted by Gasteiger charge is -2.27. The molecule has 2 fully saturated rings. The highest BCUT2D eigenvalue weighted by Gasteiger charge is 2.66. The average molecular weight is 215 g/mol. The first-order valence-electron chi connectivity index (χ1n) is 5.09. The highest BCUT2D eigenvalue weighted by molar-refractivity contribution is 5.81. The van der Waals surface area contributed by atoms with Crippen molar-refractivity contribution in [2.45, 2.75) is 31.9 Å². The van der Waals surface area contributed by atoms with Gasteiger partial charge in [0.2, 0.25) is 5.91 Å². The minimum absolute atomic E-state index is 0.0220. The first-order chi connectivity index (χ1) is 6.91. The molecule has 2 atom stereocenters. The summed E-state index contributed by atoms with van der Waals surface area (Å²) >= 11 is 0. The van der Waals surface area contributed by atoms with E-state index in [9.17, 15) is 14.0 Å². The number of halogens is 1. The SMILES string of the molecule is CC(=O)N1C[C@@]2(F)CCC[C@@]2(C(=O)O)C1. The van der Waals surface area contributed by atoms with Crippen molar-refractivity contribution in [3.05, 3.63) is 0 Å². The van der Waals surface area contributed by atoms with Crippen LogP contribution in [0.1, 0.15) is 26.2 Å². The van der Waals surface area contributed by atoms with Crippen LogP contribution in [0.25, 0.3) is 0 Å². The molecule has 2 aliphatic rings. The number of nitrogens with zero attached hydrogens (tertiary/aromatic N) is 1. The fourth-order valence-electron chi connectivity index (χ4n) is 2.86. The quantitative estimate of drug-likeness (QED) is 0.704. The summed E-state index contributed by atoms with van der Waals surface area (Å²) in [6.45, 7) is 1.31. The number of carbonyl (C=O) groups is 2. The molecule has 1 N–H and O–H groups in total. The molecule has 0 spiro atoms. The zero-order valence-corrected chi connectivity index (χ0v) is 8.62. The number of hydrogen-bond donors (Lipinski definition) is 1. The van der Waals surface area contributed by atoms with Crippen LogP contribution in [-0.2, 0) is 9.59 Å². The fourth-order valence-corrected chi connectivity index (χ4v) is 2.86. The smallest absolute Gasteiger partial charge is 0.314 e. The Morgan fingerprint density at radius 1 is 1.33 bits per heavy atom. The molecule has 0 aromatic carbocycles. The molecular formula is C10H14FNO3. The molecule has 1 aliphatic carbocycles. The molecule has 1 saturated carbocycles. The van der Waals surface area contributed by atoms with Gasteiger partial charge < -0.3 is 10.0 Å². The molecule has 0 aromatic rings. The van der Waals surface area contributed by atoms with Crippen LogP contribution in [0.2, 0.25) is 0 Å². The molecule has 1 heterocycles. The molecule has 0 bridgehead atoms. The van der Waals surface area contributed by atoms with E-state index in [0.29, 0.717) is 12.8 Å². The summed E-state index contributed by atoms with van der Waals surface area (Å²) in [5.41, 5.74) is -3.07. The largest absolute Gasteiger partial charge is 0.481 e. The van der Waals surface area contributed by atoms with Gasteiger partial charge in [-0.1, -0.05) is 0 Å². The molecule has 1 amide bonds. The van der Waals surface area contributed by atoms with Crippen LogP contribution >= 0.6 is 0 Å². The van der Waals surface area contributed by atoms with Crippen LogP contribution in [0.15, 0.2) is 0 Å².